The molecule has 7 nitrogen and oxygen atoms in total. The molecular weight excluding hydrogens is 404 g/mol. The van der Waals surface area contributed by atoms with Crippen LogP contribution in [0.5, 0.6) is 11.5 Å². The van der Waals surface area contributed by atoms with E-state index in [1.165, 1.54) is 5.56 Å². The zero-order chi connectivity index (χ0) is 23.2. The van der Waals surface area contributed by atoms with Gasteiger partial charge in [0.25, 0.3) is 0 Å². The van der Waals surface area contributed by atoms with Gasteiger partial charge in [-0.2, -0.15) is 0 Å². The summed E-state index contributed by atoms with van der Waals surface area (Å²) in [6.45, 7) is 14.6. The van der Waals surface area contributed by atoms with Gasteiger partial charge in [-0.1, -0.05) is 6.07 Å². The molecule has 0 aliphatic carbocycles. The van der Waals surface area contributed by atoms with Crippen LogP contribution in [-0.4, -0.2) is 76.1 Å². The van der Waals surface area contributed by atoms with Gasteiger partial charge >= 0.3 is 0 Å². The molecule has 1 saturated heterocycles. The van der Waals surface area contributed by atoms with E-state index in [4.69, 9.17) is 19.2 Å². The molecule has 2 N–H and O–H groups in total. The highest BCUT2D eigenvalue weighted by atomic mass is 16.5. The van der Waals surface area contributed by atoms with Gasteiger partial charge in [-0.15, -0.1) is 0 Å². The number of likely N-dealkylation sites (tertiary alicyclic amines) is 1. The molecule has 0 spiro atoms. The summed E-state index contributed by atoms with van der Waals surface area (Å²) in [7, 11) is 1.67. The van der Waals surface area contributed by atoms with Gasteiger partial charge in [-0.05, 0) is 71.1 Å². The number of ether oxygens (including phenoxy) is 3. The molecule has 0 aromatic heterocycles. The standard InChI is InChI=1S/C25H44N4O3/c1-6-26-25(28-22-12-15-29(16-13-22)17-18-32-20(3)4)27-14-8-9-21-10-11-23(30-5)24(19-21)31-7-2/h10-11,19-20,22H,6-9,12-18H2,1-5H3,(H2,26,27,28). The third-order valence-corrected chi connectivity index (χ3v) is 5.55. The number of piperidine rings is 1. The fourth-order valence-electron chi connectivity index (χ4n) is 3.85. The molecule has 0 unspecified atom stereocenters. The number of nitrogens with one attached hydrogen (secondary N) is 2. The van der Waals surface area contributed by atoms with Gasteiger partial charge in [-0.25, -0.2) is 0 Å². The van der Waals surface area contributed by atoms with Crippen molar-refractivity contribution in [3.05, 3.63) is 23.8 Å². The Hall–Kier alpha value is -1.99. The molecule has 0 atom stereocenters. The Morgan fingerprint density at radius 2 is 1.97 bits per heavy atom. The fraction of sp³-hybridized carbons (Fsp3) is 0.720. The maximum absolute atomic E-state index is 5.69. The molecule has 182 valence electrons. The Balaban J connectivity index is 1.76. The molecule has 32 heavy (non-hydrogen) atoms. The van der Waals surface area contributed by atoms with Gasteiger partial charge in [0, 0.05) is 38.8 Å². The summed E-state index contributed by atoms with van der Waals surface area (Å²) < 4.78 is 16.7. The van der Waals surface area contributed by atoms with Crippen LogP contribution in [0.3, 0.4) is 0 Å². The first-order valence-corrected chi connectivity index (χ1v) is 12.2. The van der Waals surface area contributed by atoms with E-state index < -0.39 is 0 Å². The first-order chi connectivity index (χ1) is 15.5. The van der Waals surface area contributed by atoms with E-state index in [9.17, 15) is 0 Å². The molecule has 1 aliphatic rings. The van der Waals surface area contributed by atoms with Crippen LogP contribution in [0.2, 0.25) is 0 Å². The summed E-state index contributed by atoms with van der Waals surface area (Å²) in [5.74, 6) is 2.53. The first-order valence-electron chi connectivity index (χ1n) is 12.2. The lowest BCUT2D eigenvalue weighted by Gasteiger charge is -2.33. The number of rotatable bonds is 13. The summed E-state index contributed by atoms with van der Waals surface area (Å²) in [5.41, 5.74) is 1.25. The lowest BCUT2D eigenvalue weighted by Crippen LogP contribution is -2.49. The molecule has 7 heteroatoms. The van der Waals surface area contributed by atoms with Crippen molar-refractivity contribution >= 4 is 5.96 Å². The summed E-state index contributed by atoms with van der Waals surface area (Å²) >= 11 is 0. The topological polar surface area (TPSA) is 67.4 Å². The highest BCUT2D eigenvalue weighted by Gasteiger charge is 2.19. The van der Waals surface area contributed by atoms with E-state index in [0.29, 0.717) is 18.8 Å². The number of benzene rings is 1. The van der Waals surface area contributed by atoms with Crippen LogP contribution in [-0.2, 0) is 11.2 Å². The van der Waals surface area contributed by atoms with Crippen molar-refractivity contribution in [2.24, 2.45) is 4.99 Å². The largest absolute Gasteiger partial charge is 0.493 e. The maximum atomic E-state index is 5.69. The second kappa shape index (κ2) is 15.0. The minimum atomic E-state index is 0.310. The van der Waals surface area contributed by atoms with Crippen molar-refractivity contribution in [2.45, 2.75) is 65.5 Å². The molecule has 1 heterocycles. The van der Waals surface area contributed by atoms with Gasteiger partial charge in [0.05, 0.1) is 26.4 Å². The second-order valence-corrected chi connectivity index (χ2v) is 8.46. The van der Waals surface area contributed by atoms with E-state index >= 15 is 0 Å². The molecule has 2 rings (SSSR count). The molecule has 1 aromatic carbocycles. The SMILES string of the molecule is CCNC(=NCCCc1ccc(OC)c(OCC)c1)NC1CCN(CCOC(C)C)CC1. The van der Waals surface area contributed by atoms with E-state index in [2.05, 4.69) is 48.4 Å². The fourth-order valence-corrected chi connectivity index (χ4v) is 3.85. The number of nitrogens with zero attached hydrogens (tertiary/aromatic N) is 2. The lowest BCUT2D eigenvalue weighted by molar-refractivity contribution is 0.0532. The number of aryl methyl sites for hydroxylation is 1. The van der Waals surface area contributed by atoms with Gasteiger partial charge in [0.2, 0.25) is 0 Å². The molecule has 1 aliphatic heterocycles. The van der Waals surface area contributed by atoms with E-state index in [-0.39, 0.29) is 0 Å². The van der Waals surface area contributed by atoms with Gasteiger partial charge in [-0.3, -0.25) is 4.99 Å². The third kappa shape index (κ3) is 9.65. The number of aliphatic imine (C=N–C) groups is 1. The van der Waals surface area contributed by atoms with Crippen LogP contribution in [0, 0.1) is 0 Å². The zero-order valence-electron chi connectivity index (χ0n) is 20.8. The van der Waals surface area contributed by atoms with Crippen molar-refractivity contribution in [3.63, 3.8) is 0 Å². The molecule has 1 aromatic rings. The zero-order valence-corrected chi connectivity index (χ0v) is 20.8. The quantitative estimate of drug-likeness (QED) is 0.274. The van der Waals surface area contributed by atoms with Crippen molar-refractivity contribution in [3.8, 4) is 11.5 Å². The highest BCUT2D eigenvalue weighted by Crippen LogP contribution is 2.28. The van der Waals surface area contributed by atoms with Crippen LogP contribution >= 0.6 is 0 Å². The molecule has 0 radical (unpaired) electrons. The Labute approximate surface area is 194 Å². The third-order valence-electron chi connectivity index (χ3n) is 5.55. The van der Waals surface area contributed by atoms with Gasteiger partial charge in [0.15, 0.2) is 17.5 Å². The number of methoxy groups -OCH3 is 1. The normalized spacial score (nSPS) is 15.8. The minimum Gasteiger partial charge on any atom is -0.493 e. The molecular formula is C25H44N4O3. The second-order valence-electron chi connectivity index (χ2n) is 8.46. The molecule has 0 amide bonds. The maximum Gasteiger partial charge on any atom is 0.191 e. The lowest BCUT2D eigenvalue weighted by atomic mass is 10.1. The Kier molecular flexibility index (Phi) is 12.3. The number of hydrogen-bond acceptors (Lipinski definition) is 5. The van der Waals surface area contributed by atoms with Crippen LogP contribution in [0.4, 0.5) is 0 Å². The van der Waals surface area contributed by atoms with Crippen LogP contribution in [0.1, 0.15) is 52.5 Å². The first kappa shape index (κ1) is 26.3. The summed E-state index contributed by atoms with van der Waals surface area (Å²) in [4.78, 5) is 7.30. The van der Waals surface area contributed by atoms with Crippen molar-refractivity contribution < 1.29 is 14.2 Å². The van der Waals surface area contributed by atoms with Crippen LogP contribution in [0.25, 0.3) is 0 Å². The molecule has 0 bridgehead atoms. The number of guanidine groups is 1. The van der Waals surface area contributed by atoms with Crippen LogP contribution in [0.15, 0.2) is 23.2 Å². The van der Waals surface area contributed by atoms with Gasteiger partial charge in [0.1, 0.15) is 0 Å². The monoisotopic (exact) mass is 448 g/mol. The van der Waals surface area contributed by atoms with E-state index in [1.54, 1.807) is 7.11 Å². The summed E-state index contributed by atoms with van der Waals surface area (Å²) in [6.07, 6.45) is 4.53. The predicted octanol–water partition coefficient (Wildman–Crippen LogP) is 3.47. The van der Waals surface area contributed by atoms with Gasteiger partial charge < -0.3 is 29.7 Å². The summed E-state index contributed by atoms with van der Waals surface area (Å²) in [5, 5.41) is 7.03. The average molecular weight is 449 g/mol. The van der Waals surface area contributed by atoms with Crippen LogP contribution < -0.4 is 20.1 Å². The smallest absolute Gasteiger partial charge is 0.191 e. The number of hydrogen-bond donors (Lipinski definition) is 2. The Morgan fingerprint density at radius 1 is 1.19 bits per heavy atom. The molecule has 1 fully saturated rings. The van der Waals surface area contributed by atoms with Crippen molar-refractivity contribution in [2.75, 3.05) is 53.0 Å². The minimum absolute atomic E-state index is 0.310. The van der Waals surface area contributed by atoms with E-state index in [0.717, 1.165) is 82.5 Å². The average Bonchev–Trinajstić information content (AvgIpc) is 2.78. The van der Waals surface area contributed by atoms with Crippen molar-refractivity contribution in [1.29, 1.82) is 0 Å². The van der Waals surface area contributed by atoms with Crippen molar-refractivity contribution in [1.82, 2.24) is 15.5 Å². The Bertz CT molecular complexity index is 673. The Morgan fingerprint density at radius 3 is 2.62 bits per heavy atom. The predicted molar refractivity (Wildman–Crippen MR) is 132 cm³/mol. The highest BCUT2D eigenvalue weighted by molar-refractivity contribution is 5.80. The van der Waals surface area contributed by atoms with E-state index in [1.807, 2.05) is 13.0 Å². The summed E-state index contributed by atoms with van der Waals surface area (Å²) in [6, 6.07) is 6.64. The molecule has 0 saturated carbocycles.